The number of hydrazine groups is 1. The number of hydrogen-bond acceptors (Lipinski definition) is 9. The first-order valence-electron chi connectivity index (χ1n) is 19.0. The molecule has 2 aliphatic heterocycles. The summed E-state index contributed by atoms with van der Waals surface area (Å²) in [5, 5.41) is 11.3. The van der Waals surface area contributed by atoms with Crippen LogP contribution < -0.4 is 14.9 Å². The van der Waals surface area contributed by atoms with Crippen molar-refractivity contribution < 1.29 is 46.9 Å². The molecule has 0 radical (unpaired) electrons. The molecule has 3 heterocycles. The molecule has 2 saturated carbocycles. The topological polar surface area (TPSA) is 138 Å². The van der Waals surface area contributed by atoms with E-state index in [-0.39, 0.29) is 53.8 Å². The summed E-state index contributed by atoms with van der Waals surface area (Å²) in [4.78, 5) is 64.1. The van der Waals surface area contributed by atoms with E-state index in [2.05, 4.69) is 10.4 Å². The van der Waals surface area contributed by atoms with Crippen LogP contribution in [0.2, 0.25) is 10.0 Å². The van der Waals surface area contributed by atoms with Crippen molar-refractivity contribution in [2.24, 2.45) is 29.6 Å². The number of pyridine rings is 1. The number of ether oxygens (including phenoxy) is 2. The second kappa shape index (κ2) is 14.9. The number of anilines is 1. The summed E-state index contributed by atoms with van der Waals surface area (Å²) in [6.07, 6.45) is 5.75. The molecule has 6 atom stereocenters. The fraction of sp³-hybridized carbons (Fsp3) is 0.405. The number of phenolic OH excluding ortho intramolecular Hbond substituents is 1. The third kappa shape index (κ3) is 6.30. The molecule has 4 amide bonds. The van der Waals surface area contributed by atoms with E-state index in [1.54, 1.807) is 48.6 Å². The van der Waals surface area contributed by atoms with Crippen LogP contribution in [0.1, 0.15) is 61.6 Å². The van der Waals surface area contributed by atoms with Crippen LogP contribution in [0.25, 0.3) is 6.08 Å². The molecule has 3 aliphatic carbocycles. The highest BCUT2D eigenvalue weighted by Crippen LogP contribution is 2.62. The SMILES string of the molecule is COc1cc(C=C[C@H]2C3=CC[C@@H]4C(=O)N(C5CCCCC5)C(=O)[C@@H]4[C@@H]3C[C@H]3C(=O)N(Nc4ncc(C(F)(F)F)cc4Cl)C(=O)[C@@]23c2ccc(Cl)cc2)cc(OC)c1O. The van der Waals surface area contributed by atoms with Crippen molar-refractivity contribution in [3.63, 3.8) is 0 Å². The van der Waals surface area contributed by atoms with Gasteiger partial charge >= 0.3 is 6.18 Å². The van der Waals surface area contributed by atoms with E-state index < -0.39 is 63.6 Å². The van der Waals surface area contributed by atoms with Gasteiger partial charge < -0.3 is 14.6 Å². The number of rotatable bonds is 8. The Hall–Kier alpha value is -5.08. The number of aromatic nitrogens is 1. The van der Waals surface area contributed by atoms with E-state index >= 15 is 4.79 Å². The van der Waals surface area contributed by atoms with Gasteiger partial charge in [-0.05, 0) is 73.1 Å². The fourth-order valence-electron chi connectivity index (χ4n) is 9.97. The minimum atomic E-state index is -4.75. The van der Waals surface area contributed by atoms with E-state index in [9.17, 15) is 32.7 Å². The molecule has 16 heteroatoms. The van der Waals surface area contributed by atoms with Crippen molar-refractivity contribution in [1.29, 1.82) is 0 Å². The number of amides is 4. The van der Waals surface area contributed by atoms with Crippen LogP contribution in [0.4, 0.5) is 19.0 Å². The lowest BCUT2D eigenvalue weighted by Crippen LogP contribution is -2.54. The smallest absolute Gasteiger partial charge is 0.417 e. The molecule has 11 nitrogen and oxygen atoms in total. The Morgan fingerprint density at radius 1 is 0.931 bits per heavy atom. The number of aromatic hydroxyl groups is 1. The third-order valence-corrected chi connectivity index (χ3v) is 13.1. The van der Waals surface area contributed by atoms with E-state index in [0.717, 1.165) is 37.1 Å². The van der Waals surface area contributed by atoms with Crippen molar-refractivity contribution in [2.75, 3.05) is 19.6 Å². The Balaban J connectivity index is 1.29. The minimum absolute atomic E-state index is 0.00920. The average molecular weight is 840 g/mol. The van der Waals surface area contributed by atoms with Crippen molar-refractivity contribution in [3.05, 3.63) is 93.1 Å². The number of nitrogens with one attached hydrogen (secondary N) is 1. The number of phenols is 1. The van der Waals surface area contributed by atoms with Gasteiger partial charge in [0, 0.05) is 23.2 Å². The number of carbonyl (C=O) groups excluding carboxylic acids is 4. The summed E-state index contributed by atoms with van der Waals surface area (Å²) >= 11 is 12.6. The first-order chi connectivity index (χ1) is 27.7. The molecule has 0 bridgehead atoms. The zero-order valence-corrected chi connectivity index (χ0v) is 32.9. The van der Waals surface area contributed by atoms with Gasteiger partial charge in [0.15, 0.2) is 17.3 Å². The Kier molecular flexibility index (Phi) is 10.2. The summed E-state index contributed by atoms with van der Waals surface area (Å²) in [6.45, 7) is 0. The number of likely N-dealkylation sites (tertiary alicyclic amines) is 1. The molecule has 2 N–H and O–H groups in total. The Labute approximate surface area is 341 Å². The second-order valence-corrected chi connectivity index (χ2v) is 16.3. The molecule has 1 aromatic heterocycles. The molecule has 2 aromatic carbocycles. The van der Waals surface area contributed by atoms with Crippen molar-refractivity contribution in [3.8, 4) is 17.2 Å². The lowest BCUT2D eigenvalue weighted by molar-refractivity contribution is -0.144. The molecule has 58 heavy (non-hydrogen) atoms. The molecule has 304 valence electrons. The number of alkyl halides is 3. The first-order valence-corrected chi connectivity index (χ1v) is 19.8. The highest BCUT2D eigenvalue weighted by molar-refractivity contribution is 6.33. The maximum atomic E-state index is 15.3. The van der Waals surface area contributed by atoms with Crippen LogP contribution in [0.3, 0.4) is 0 Å². The predicted octanol–water partition coefficient (Wildman–Crippen LogP) is 7.99. The van der Waals surface area contributed by atoms with Crippen molar-refractivity contribution in [2.45, 2.75) is 62.6 Å². The number of imide groups is 2. The number of carbonyl (C=O) groups is 4. The average Bonchev–Trinajstić information content (AvgIpc) is 3.59. The van der Waals surface area contributed by atoms with Gasteiger partial charge in [0.05, 0.1) is 48.0 Å². The number of allylic oxidation sites excluding steroid dienone is 3. The number of nitrogens with zero attached hydrogens (tertiary/aromatic N) is 3. The van der Waals surface area contributed by atoms with E-state index in [0.29, 0.717) is 34.0 Å². The molecule has 3 aromatic rings. The van der Waals surface area contributed by atoms with Crippen LogP contribution in [-0.4, -0.2) is 63.9 Å². The number of benzene rings is 2. The van der Waals surface area contributed by atoms with Crippen LogP contribution in [0.5, 0.6) is 17.2 Å². The van der Waals surface area contributed by atoms with E-state index in [1.807, 2.05) is 6.08 Å². The molecule has 4 fully saturated rings. The monoisotopic (exact) mass is 838 g/mol. The van der Waals surface area contributed by atoms with Gasteiger partial charge in [-0.1, -0.05) is 78.4 Å². The number of methoxy groups -OCH3 is 2. The standard InChI is InChI=1S/C42H39Cl2F3N4O7/c1-57-32-16-21(17-33(58-2)35(32)52)8-15-29-26-13-14-27-34(39(55)50(37(27)53)25-6-4-3-5-7-25)28(26)19-30-38(54)51(40(56)41(29,30)22-9-11-24(43)12-10-22)49-36-31(44)18-23(20-48-36)42(45,46)47/h8-13,15-18,20,25,27-30,34,52H,3-7,14,19H2,1-2H3,(H,48,49)/t27-,28+,29-,30-,34-,41-/m0/s1. The first kappa shape index (κ1) is 39.7. The van der Waals surface area contributed by atoms with E-state index in [1.165, 1.54) is 19.1 Å². The molecular weight excluding hydrogens is 800 g/mol. The quantitative estimate of drug-likeness (QED) is 0.171. The van der Waals surface area contributed by atoms with Crippen LogP contribution in [-0.2, 0) is 30.8 Å². The lowest BCUT2D eigenvalue weighted by Gasteiger charge is -2.49. The Morgan fingerprint density at radius 2 is 1.60 bits per heavy atom. The van der Waals surface area contributed by atoms with Crippen LogP contribution in [0.15, 0.2) is 66.4 Å². The highest BCUT2D eigenvalue weighted by atomic mass is 35.5. The normalized spacial score (nSPS) is 27.4. The molecule has 5 aliphatic rings. The van der Waals surface area contributed by atoms with E-state index in [4.69, 9.17) is 32.7 Å². The third-order valence-electron chi connectivity index (χ3n) is 12.6. The maximum absolute atomic E-state index is 15.3. The van der Waals surface area contributed by atoms with Gasteiger partial charge in [-0.3, -0.25) is 29.5 Å². The van der Waals surface area contributed by atoms with Crippen molar-refractivity contribution in [1.82, 2.24) is 14.9 Å². The lowest BCUT2D eigenvalue weighted by atomic mass is 9.50. The molecule has 0 spiro atoms. The van der Waals surface area contributed by atoms with Crippen molar-refractivity contribution >= 4 is 58.7 Å². The minimum Gasteiger partial charge on any atom is -0.502 e. The summed E-state index contributed by atoms with van der Waals surface area (Å²) in [7, 11) is 2.77. The maximum Gasteiger partial charge on any atom is 0.417 e. The van der Waals surface area contributed by atoms with Gasteiger partial charge in [0.1, 0.15) is 0 Å². The Bertz CT molecular complexity index is 2240. The molecule has 2 saturated heterocycles. The zero-order valence-electron chi connectivity index (χ0n) is 31.4. The van der Waals surface area contributed by atoms with Gasteiger partial charge in [-0.15, -0.1) is 0 Å². The number of halogens is 5. The molecule has 8 rings (SSSR count). The van der Waals surface area contributed by atoms with Crippen LogP contribution >= 0.6 is 23.2 Å². The summed E-state index contributed by atoms with van der Waals surface area (Å²) in [5.41, 5.74) is 1.45. The number of fused-ring (bicyclic) bond motifs is 4. The van der Waals surface area contributed by atoms with Gasteiger partial charge in [-0.25, -0.2) is 4.98 Å². The largest absolute Gasteiger partial charge is 0.502 e. The summed E-state index contributed by atoms with van der Waals surface area (Å²) in [5.74, 6) is -6.41. The molecular formula is C42H39Cl2F3N4O7. The Morgan fingerprint density at radius 3 is 2.22 bits per heavy atom. The zero-order chi connectivity index (χ0) is 41.3. The van der Waals surface area contributed by atoms with Crippen LogP contribution in [0, 0.1) is 29.6 Å². The highest BCUT2D eigenvalue weighted by Gasteiger charge is 2.70. The summed E-state index contributed by atoms with van der Waals surface area (Å²) < 4.78 is 51.4. The fourth-order valence-corrected chi connectivity index (χ4v) is 10.3. The molecule has 0 unspecified atom stereocenters. The van der Waals surface area contributed by atoms with Gasteiger partial charge in [-0.2, -0.15) is 18.2 Å². The summed E-state index contributed by atoms with van der Waals surface area (Å²) in [6, 6.07) is 10.1. The number of hydrogen-bond donors (Lipinski definition) is 2. The van der Waals surface area contributed by atoms with Gasteiger partial charge in [0.2, 0.25) is 17.6 Å². The van der Waals surface area contributed by atoms with Gasteiger partial charge in [0.25, 0.3) is 11.8 Å². The second-order valence-electron chi connectivity index (χ2n) is 15.4. The predicted molar refractivity (Wildman–Crippen MR) is 207 cm³/mol.